The largest absolute Gasteiger partial charge is 0.359 e. The molecule has 2 N–H and O–H groups in total. The van der Waals surface area contributed by atoms with E-state index in [2.05, 4.69) is 15.2 Å². The molecule has 0 radical (unpaired) electrons. The van der Waals surface area contributed by atoms with Gasteiger partial charge in [-0.2, -0.15) is 0 Å². The second-order valence-electron chi connectivity index (χ2n) is 8.12. The highest BCUT2D eigenvalue weighted by Crippen LogP contribution is 2.33. The quantitative estimate of drug-likeness (QED) is 0.821. The van der Waals surface area contributed by atoms with E-state index in [1.807, 2.05) is 38.1 Å². The molecule has 0 spiro atoms. The second kappa shape index (κ2) is 8.11. The zero-order chi connectivity index (χ0) is 19.4. The molecule has 0 atom stereocenters. The van der Waals surface area contributed by atoms with Gasteiger partial charge in [0.15, 0.2) is 0 Å². The number of carbonyl (C=O) groups excluding carboxylic acids is 2. The van der Waals surface area contributed by atoms with E-state index in [0.29, 0.717) is 12.5 Å². The molecule has 0 unspecified atom stereocenters. The molecule has 1 saturated carbocycles. The van der Waals surface area contributed by atoms with E-state index in [1.165, 1.54) is 19.3 Å². The third-order valence-corrected chi connectivity index (χ3v) is 5.53. The van der Waals surface area contributed by atoms with Crippen LogP contribution in [-0.2, 0) is 16.1 Å². The molecule has 0 saturated heterocycles. The van der Waals surface area contributed by atoms with Crippen LogP contribution < -0.4 is 10.6 Å². The van der Waals surface area contributed by atoms with Crippen molar-refractivity contribution >= 4 is 22.8 Å². The van der Waals surface area contributed by atoms with Gasteiger partial charge in [0.25, 0.3) is 0 Å². The van der Waals surface area contributed by atoms with E-state index in [9.17, 15) is 9.59 Å². The van der Waals surface area contributed by atoms with E-state index in [0.717, 1.165) is 29.7 Å². The van der Waals surface area contributed by atoms with Gasteiger partial charge in [0.1, 0.15) is 12.4 Å². The number of hydrogen-bond donors (Lipinski definition) is 2. The third kappa shape index (κ3) is 4.31. The lowest BCUT2D eigenvalue weighted by atomic mass is 9.88. The molecule has 1 aromatic heterocycles. The molecule has 1 heterocycles. The van der Waals surface area contributed by atoms with E-state index >= 15 is 0 Å². The lowest BCUT2D eigenvalue weighted by molar-refractivity contribution is -0.129. The molecule has 1 aromatic carbocycles. The monoisotopic (exact) mass is 370 g/mol. The van der Waals surface area contributed by atoms with Gasteiger partial charge in [-0.1, -0.05) is 31.4 Å². The number of carbonyl (C=O) groups is 2. The van der Waals surface area contributed by atoms with Crippen LogP contribution in [0.3, 0.4) is 0 Å². The van der Waals surface area contributed by atoms with Gasteiger partial charge in [-0.25, -0.2) is 4.98 Å². The van der Waals surface area contributed by atoms with E-state index in [1.54, 1.807) is 7.05 Å². The molecule has 1 aliphatic rings. The van der Waals surface area contributed by atoms with Crippen LogP contribution in [0.4, 0.5) is 0 Å². The SMILES string of the molecule is CNC(=O)C(C)(C)CNC(=O)Cn1c(C2CCCCC2)nc2ccccc21. The molecule has 3 rings (SSSR count). The zero-order valence-electron chi connectivity index (χ0n) is 16.5. The van der Waals surface area contributed by atoms with Gasteiger partial charge in [-0.05, 0) is 38.8 Å². The van der Waals surface area contributed by atoms with Crippen molar-refractivity contribution in [3.63, 3.8) is 0 Å². The Kier molecular flexibility index (Phi) is 5.82. The summed E-state index contributed by atoms with van der Waals surface area (Å²) in [5.74, 6) is 1.27. The lowest BCUT2D eigenvalue weighted by Crippen LogP contribution is -2.44. The number of nitrogens with one attached hydrogen (secondary N) is 2. The number of nitrogens with zero attached hydrogens (tertiary/aromatic N) is 2. The van der Waals surface area contributed by atoms with Crippen molar-refractivity contribution in [3.05, 3.63) is 30.1 Å². The van der Waals surface area contributed by atoms with Crippen LogP contribution in [0.5, 0.6) is 0 Å². The van der Waals surface area contributed by atoms with Gasteiger partial charge in [0.05, 0.1) is 16.4 Å². The standard InChI is InChI=1S/C21H30N4O2/c1-21(2,20(27)22-3)14-23-18(26)13-25-17-12-8-7-11-16(17)24-19(25)15-9-5-4-6-10-15/h7-8,11-12,15H,4-6,9-10,13-14H2,1-3H3,(H,22,27)(H,23,26). The normalized spacial score (nSPS) is 15.7. The summed E-state index contributed by atoms with van der Waals surface area (Å²) < 4.78 is 2.06. The number of hydrogen-bond acceptors (Lipinski definition) is 3. The maximum Gasteiger partial charge on any atom is 0.240 e. The van der Waals surface area contributed by atoms with Crippen molar-refractivity contribution in [3.8, 4) is 0 Å². The predicted octanol–water partition coefficient (Wildman–Crippen LogP) is 2.97. The van der Waals surface area contributed by atoms with Crippen molar-refractivity contribution in [2.75, 3.05) is 13.6 Å². The predicted molar refractivity (Wildman–Crippen MR) is 106 cm³/mol. The topological polar surface area (TPSA) is 76.0 Å². The van der Waals surface area contributed by atoms with Crippen LogP contribution in [0.2, 0.25) is 0 Å². The molecular formula is C21H30N4O2. The average molecular weight is 370 g/mol. The van der Waals surface area contributed by atoms with Crippen LogP contribution in [0.1, 0.15) is 57.7 Å². The summed E-state index contributed by atoms with van der Waals surface area (Å²) in [6, 6.07) is 8.00. The minimum atomic E-state index is -0.645. The molecule has 1 aliphatic carbocycles. The van der Waals surface area contributed by atoms with E-state index in [4.69, 9.17) is 4.98 Å². The number of amides is 2. The van der Waals surface area contributed by atoms with Gasteiger partial charge in [0, 0.05) is 19.5 Å². The van der Waals surface area contributed by atoms with Crippen LogP contribution in [-0.4, -0.2) is 35.0 Å². The lowest BCUT2D eigenvalue weighted by Gasteiger charge is -2.24. The minimum Gasteiger partial charge on any atom is -0.359 e. The summed E-state index contributed by atoms with van der Waals surface area (Å²) in [7, 11) is 1.61. The van der Waals surface area contributed by atoms with Crippen molar-refractivity contribution in [1.29, 1.82) is 0 Å². The summed E-state index contributed by atoms with van der Waals surface area (Å²) in [4.78, 5) is 29.4. The van der Waals surface area contributed by atoms with Gasteiger partial charge in [-0.15, -0.1) is 0 Å². The van der Waals surface area contributed by atoms with Crippen molar-refractivity contribution in [2.24, 2.45) is 5.41 Å². The summed E-state index contributed by atoms with van der Waals surface area (Å²) in [5, 5.41) is 5.57. The number of imidazole rings is 1. The first-order chi connectivity index (χ1) is 12.9. The fraction of sp³-hybridized carbons (Fsp3) is 0.571. The van der Waals surface area contributed by atoms with Gasteiger partial charge in [-0.3, -0.25) is 9.59 Å². The fourth-order valence-corrected chi connectivity index (χ4v) is 3.87. The van der Waals surface area contributed by atoms with Gasteiger partial charge in [0.2, 0.25) is 11.8 Å². The molecule has 6 heteroatoms. The Morgan fingerprint density at radius 1 is 1.19 bits per heavy atom. The Labute approximate surface area is 160 Å². The van der Waals surface area contributed by atoms with Crippen LogP contribution in [0, 0.1) is 5.41 Å². The molecule has 27 heavy (non-hydrogen) atoms. The van der Waals surface area contributed by atoms with Crippen molar-refractivity contribution in [1.82, 2.24) is 20.2 Å². The second-order valence-corrected chi connectivity index (χ2v) is 8.12. The highest BCUT2D eigenvalue weighted by Gasteiger charge is 2.28. The first kappa shape index (κ1) is 19.4. The number of para-hydroxylation sites is 2. The molecule has 146 valence electrons. The maximum absolute atomic E-state index is 12.7. The highest BCUT2D eigenvalue weighted by molar-refractivity contribution is 5.84. The Balaban J connectivity index is 1.79. The molecule has 1 fully saturated rings. The minimum absolute atomic E-state index is 0.0845. The molecule has 0 bridgehead atoms. The van der Waals surface area contributed by atoms with Crippen LogP contribution >= 0.6 is 0 Å². The Morgan fingerprint density at radius 3 is 2.59 bits per heavy atom. The van der Waals surface area contributed by atoms with Gasteiger partial charge >= 0.3 is 0 Å². The highest BCUT2D eigenvalue weighted by atomic mass is 16.2. The Bertz CT molecular complexity index is 819. The van der Waals surface area contributed by atoms with E-state index < -0.39 is 5.41 Å². The average Bonchev–Trinajstić information content (AvgIpc) is 3.05. The molecule has 6 nitrogen and oxygen atoms in total. The number of rotatable bonds is 6. The van der Waals surface area contributed by atoms with Crippen LogP contribution in [0.15, 0.2) is 24.3 Å². The Morgan fingerprint density at radius 2 is 1.89 bits per heavy atom. The number of benzene rings is 1. The van der Waals surface area contributed by atoms with E-state index in [-0.39, 0.29) is 18.4 Å². The maximum atomic E-state index is 12.7. The summed E-state index contributed by atoms with van der Waals surface area (Å²) in [5.41, 5.74) is 1.29. The zero-order valence-corrected chi connectivity index (χ0v) is 16.5. The van der Waals surface area contributed by atoms with Crippen molar-refractivity contribution < 1.29 is 9.59 Å². The third-order valence-electron chi connectivity index (χ3n) is 5.53. The Hall–Kier alpha value is -2.37. The summed E-state index contributed by atoms with van der Waals surface area (Å²) in [6.45, 7) is 4.19. The number of aromatic nitrogens is 2. The molecule has 2 aromatic rings. The first-order valence-corrected chi connectivity index (χ1v) is 9.86. The van der Waals surface area contributed by atoms with Crippen molar-refractivity contribution in [2.45, 2.75) is 58.4 Å². The van der Waals surface area contributed by atoms with Crippen LogP contribution in [0.25, 0.3) is 11.0 Å². The fourth-order valence-electron chi connectivity index (χ4n) is 3.87. The van der Waals surface area contributed by atoms with Gasteiger partial charge < -0.3 is 15.2 Å². The first-order valence-electron chi connectivity index (χ1n) is 9.86. The molecular weight excluding hydrogens is 340 g/mol. The smallest absolute Gasteiger partial charge is 0.240 e. The summed E-state index contributed by atoms with van der Waals surface area (Å²) in [6.07, 6.45) is 6.00. The number of fused-ring (bicyclic) bond motifs is 1. The molecule has 2 amide bonds. The summed E-state index contributed by atoms with van der Waals surface area (Å²) >= 11 is 0. The molecule has 0 aliphatic heterocycles.